The molecule has 0 saturated heterocycles. The fraction of sp³-hybridized carbons (Fsp3) is 0.211. The molecule has 2 aromatic rings. The van der Waals surface area contributed by atoms with E-state index < -0.39 is 0 Å². The second kappa shape index (κ2) is 7.30. The highest BCUT2D eigenvalue weighted by molar-refractivity contribution is 5.95. The molecular weight excluding hydrogens is 300 g/mol. The van der Waals surface area contributed by atoms with Crippen LogP contribution in [-0.2, 0) is 4.79 Å². The lowest BCUT2D eigenvalue weighted by Crippen LogP contribution is -2.31. The summed E-state index contributed by atoms with van der Waals surface area (Å²) in [6, 6.07) is 14.9. The molecule has 24 heavy (non-hydrogen) atoms. The topological polar surface area (TPSA) is 79.9 Å². The van der Waals surface area contributed by atoms with E-state index in [2.05, 4.69) is 17.5 Å². The standard InChI is InChI=1S/C19H18N4O/c1-13-6-4-7-14(2)18(13)22-17(24)12-23(3)19-15(10-20)8-5-9-16(19)11-21/h4-9H,12H2,1-3H3,(H,22,24). The van der Waals surface area contributed by atoms with Crippen LogP contribution < -0.4 is 10.2 Å². The van der Waals surface area contributed by atoms with Crippen molar-refractivity contribution in [1.82, 2.24) is 0 Å². The molecule has 1 N–H and O–H groups in total. The van der Waals surface area contributed by atoms with E-state index in [1.807, 2.05) is 32.0 Å². The molecule has 0 unspecified atom stereocenters. The number of likely N-dealkylation sites (N-methyl/N-ethyl adjacent to an activating group) is 1. The molecule has 0 aliphatic carbocycles. The molecular formula is C19H18N4O. The Morgan fingerprint density at radius 1 is 1.04 bits per heavy atom. The largest absolute Gasteiger partial charge is 0.363 e. The second-order valence-electron chi connectivity index (χ2n) is 5.60. The van der Waals surface area contributed by atoms with Gasteiger partial charge in [-0.2, -0.15) is 10.5 Å². The van der Waals surface area contributed by atoms with Crippen LogP contribution in [0.4, 0.5) is 11.4 Å². The molecule has 5 heteroatoms. The van der Waals surface area contributed by atoms with Crippen molar-refractivity contribution in [3.05, 3.63) is 58.7 Å². The molecule has 2 rings (SSSR count). The van der Waals surface area contributed by atoms with Gasteiger partial charge in [-0.05, 0) is 37.1 Å². The van der Waals surface area contributed by atoms with Crippen molar-refractivity contribution < 1.29 is 4.79 Å². The third-order valence-electron chi connectivity index (χ3n) is 3.78. The summed E-state index contributed by atoms with van der Waals surface area (Å²) >= 11 is 0. The number of para-hydroxylation sites is 2. The average Bonchev–Trinajstić information content (AvgIpc) is 2.57. The number of hydrogen-bond acceptors (Lipinski definition) is 4. The maximum Gasteiger partial charge on any atom is 0.243 e. The Hall–Kier alpha value is -3.31. The molecule has 0 atom stereocenters. The van der Waals surface area contributed by atoms with Crippen LogP contribution in [-0.4, -0.2) is 19.5 Å². The molecule has 0 saturated carbocycles. The Balaban J connectivity index is 2.22. The van der Waals surface area contributed by atoms with Crippen LogP contribution >= 0.6 is 0 Å². The van der Waals surface area contributed by atoms with Crippen molar-refractivity contribution in [1.29, 1.82) is 10.5 Å². The molecule has 2 aromatic carbocycles. The van der Waals surface area contributed by atoms with Gasteiger partial charge in [0.25, 0.3) is 0 Å². The van der Waals surface area contributed by atoms with E-state index in [4.69, 9.17) is 0 Å². The zero-order valence-corrected chi connectivity index (χ0v) is 13.9. The molecule has 1 amide bonds. The van der Waals surface area contributed by atoms with Crippen molar-refractivity contribution in [3.63, 3.8) is 0 Å². The van der Waals surface area contributed by atoms with Gasteiger partial charge >= 0.3 is 0 Å². The van der Waals surface area contributed by atoms with Crippen molar-refractivity contribution >= 4 is 17.3 Å². The van der Waals surface area contributed by atoms with Gasteiger partial charge in [0.2, 0.25) is 5.91 Å². The highest BCUT2D eigenvalue weighted by Gasteiger charge is 2.16. The average molecular weight is 318 g/mol. The quantitative estimate of drug-likeness (QED) is 0.939. The summed E-state index contributed by atoms with van der Waals surface area (Å²) in [4.78, 5) is 14.0. The third-order valence-corrected chi connectivity index (χ3v) is 3.78. The maximum absolute atomic E-state index is 12.4. The number of hydrogen-bond donors (Lipinski definition) is 1. The van der Waals surface area contributed by atoms with Gasteiger partial charge in [-0.3, -0.25) is 4.79 Å². The number of nitrogens with one attached hydrogen (secondary N) is 1. The molecule has 120 valence electrons. The second-order valence-corrected chi connectivity index (χ2v) is 5.60. The Labute approximate surface area is 141 Å². The Kier molecular flexibility index (Phi) is 5.19. The maximum atomic E-state index is 12.4. The van der Waals surface area contributed by atoms with E-state index in [-0.39, 0.29) is 12.5 Å². The Morgan fingerprint density at radius 3 is 2.04 bits per heavy atom. The predicted octanol–water partition coefficient (Wildman–Crippen LogP) is 3.12. The lowest BCUT2D eigenvalue weighted by atomic mass is 10.1. The molecule has 0 aromatic heterocycles. The van der Waals surface area contributed by atoms with E-state index in [0.717, 1.165) is 16.8 Å². The number of amides is 1. The SMILES string of the molecule is Cc1cccc(C)c1NC(=O)CN(C)c1c(C#N)cccc1C#N. The molecule has 0 heterocycles. The minimum absolute atomic E-state index is 0.0428. The first kappa shape index (κ1) is 17.1. The van der Waals surface area contributed by atoms with E-state index in [0.29, 0.717) is 16.8 Å². The van der Waals surface area contributed by atoms with Crippen molar-refractivity contribution in [2.24, 2.45) is 0 Å². The van der Waals surface area contributed by atoms with E-state index in [1.54, 1.807) is 30.1 Å². The Morgan fingerprint density at radius 2 is 1.54 bits per heavy atom. The minimum Gasteiger partial charge on any atom is -0.363 e. The molecule has 0 fully saturated rings. The van der Waals surface area contributed by atoms with Crippen molar-refractivity contribution in [2.45, 2.75) is 13.8 Å². The van der Waals surface area contributed by atoms with Gasteiger partial charge in [-0.25, -0.2) is 0 Å². The lowest BCUT2D eigenvalue weighted by Gasteiger charge is -2.21. The fourth-order valence-electron chi connectivity index (χ4n) is 2.62. The first-order valence-corrected chi connectivity index (χ1v) is 7.48. The van der Waals surface area contributed by atoms with Crippen molar-refractivity contribution in [3.8, 4) is 12.1 Å². The number of nitrogens with zero attached hydrogens (tertiary/aromatic N) is 3. The van der Waals surface area contributed by atoms with Gasteiger partial charge in [0.15, 0.2) is 0 Å². The molecule has 0 aliphatic heterocycles. The summed E-state index contributed by atoms with van der Waals surface area (Å²) in [6.07, 6.45) is 0. The number of anilines is 2. The summed E-state index contributed by atoms with van der Waals surface area (Å²) in [5.41, 5.74) is 3.99. The molecule has 5 nitrogen and oxygen atoms in total. The smallest absolute Gasteiger partial charge is 0.243 e. The summed E-state index contributed by atoms with van der Waals surface area (Å²) in [5.74, 6) is -0.202. The van der Waals surface area contributed by atoms with Gasteiger partial charge in [-0.15, -0.1) is 0 Å². The minimum atomic E-state index is -0.202. The summed E-state index contributed by atoms with van der Waals surface area (Å²) in [5, 5.41) is 21.4. The van der Waals surface area contributed by atoms with Gasteiger partial charge in [0.1, 0.15) is 12.1 Å². The monoisotopic (exact) mass is 318 g/mol. The van der Waals surface area contributed by atoms with Gasteiger partial charge in [-0.1, -0.05) is 24.3 Å². The van der Waals surface area contributed by atoms with Crippen LogP contribution in [0, 0.1) is 36.5 Å². The van der Waals surface area contributed by atoms with Gasteiger partial charge in [0.05, 0.1) is 23.4 Å². The lowest BCUT2D eigenvalue weighted by molar-refractivity contribution is -0.114. The van der Waals surface area contributed by atoms with Gasteiger partial charge < -0.3 is 10.2 Å². The number of benzene rings is 2. The van der Waals surface area contributed by atoms with Crippen LogP contribution in [0.5, 0.6) is 0 Å². The van der Waals surface area contributed by atoms with E-state index in [9.17, 15) is 15.3 Å². The molecule has 0 spiro atoms. The molecule has 0 bridgehead atoms. The highest BCUT2D eigenvalue weighted by atomic mass is 16.2. The summed E-state index contributed by atoms with van der Waals surface area (Å²) < 4.78 is 0. The van der Waals surface area contributed by atoms with Gasteiger partial charge in [0, 0.05) is 12.7 Å². The molecule has 0 radical (unpaired) electrons. The normalized spacial score (nSPS) is 9.71. The van der Waals surface area contributed by atoms with Crippen LogP contribution in [0.25, 0.3) is 0 Å². The Bertz CT molecular complexity index is 806. The molecule has 0 aliphatic rings. The number of carbonyl (C=O) groups excluding carboxylic acids is 1. The number of rotatable bonds is 4. The third kappa shape index (κ3) is 3.53. The first-order chi connectivity index (χ1) is 11.5. The fourth-order valence-corrected chi connectivity index (χ4v) is 2.62. The van der Waals surface area contributed by atoms with Crippen LogP contribution in [0.3, 0.4) is 0 Å². The van der Waals surface area contributed by atoms with Crippen LogP contribution in [0.2, 0.25) is 0 Å². The van der Waals surface area contributed by atoms with E-state index in [1.165, 1.54) is 0 Å². The van der Waals surface area contributed by atoms with Crippen molar-refractivity contribution in [2.75, 3.05) is 23.8 Å². The zero-order valence-electron chi connectivity index (χ0n) is 13.9. The van der Waals surface area contributed by atoms with E-state index >= 15 is 0 Å². The van der Waals surface area contributed by atoms with Crippen LogP contribution in [0.1, 0.15) is 22.3 Å². The predicted molar refractivity (Wildman–Crippen MR) is 93.7 cm³/mol. The zero-order chi connectivity index (χ0) is 17.7. The summed E-state index contributed by atoms with van der Waals surface area (Å²) in [6.45, 7) is 3.91. The van der Waals surface area contributed by atoms with Crippen LogP contribution in [0.15, 0.2) is 36.4 Å². The first-order valence-electron chi connectivity index (χ1n) is 7.48. The highest BCUT2D eigenvalue weighted by Crippen LogP contribution is 2.24. The number of aryl methyl sites for hydroxylation is 2. The number of carbonyl (C=O) groups is 1. The summed E-state index contributed by atoms with van der Waals surface area (Å²) in [7, 11) is 1.70. The number of nitriles is 2.